The van der Waals surface area contributed by atoms with Gasteiger partial charge in [-0.15, -0.1) is 0 Å². The van der Waals surface area contributed by atoms with Gasteiger partial charge in [0, 0.05) is 96.4 Å². The summed E-state index contributed by atoms with van der Waals surface area (Å²) in [6.07, 6.45) is 21.3. The van der Waals surface area contributed by atoms with E-state index in [1.807, 2.05) is 60.0 Å². The molecule has 0 saturated carbocycles. The van der Waals surface area contributed by atoms with Gasteiger partial charge in [0.05, 0.1) is 48.5 Å². The lowest BCUT2D eigenvalue weighted by molar-refractivity contribution is 0.0360. The van der Waals surface area contributed by atoms with E-state index >= 15 is 0 Å². The Balaban J connectivity index is 0.000000174. The Kier molecular flexibility index (Phi) is 14.9. The summed E-state index contributed by atoms with van der Waals surface area (Å²) in [7, 11) is -7.60. The average molecular weight is 983 g/mol. The summed E-state index contributed by atoms with van der Waals surface area (Å²) in [6, 6.07) is 21.0. The van der Waals surface area contributed by atoms with Gasteiger partial charge in [0.15, 0.2) is 11.3 Å². The smallest absolute Gasteiger partial charge is 0.269 e. The first kappa shape index (κ1) is 48.8. The molecule has 0 amide bonds. The topological polar surface area (TPSA) is 155 Å². The molecule has 2 fully saturated rings. The summed E-state index contributed by atoms with van der Waals surface area (Å²) >= 11 is 0. The number of nitrogens with zero attached hydrogens (tertiary/aromatic N) is 10. The molecule has 15 nitrogen and oxygen atoms in total. The van der Waals surface area contributed by atoms with Gasteiger partial charge < -0.3 is 9.64 Å². The molecule has 70 heavy (non-hydrogen) atoms. The van der Waals surface area contributed by atoms with E-state index in [1.165, 1.54) is 27.2 Å². The standard InChI is InChI=1S/C27H33N5O2S.C26H29N5O3S/c1-21(2)15-22-16-25-26(23-18-29-31(19-23)14-13-30-11-7-4-8-12-30)20-32(27(25)28-17-22)35(33,34)24-9-5-3-6-10-24;1-20(2)14-21-15-24-25(22-17-28-30(18-22)9-8-29-10-12-34-13-11-29)19-31(26(24)27-16-21)35(32,33)23-6-4-3-5-7-23/h3,5-6,9-10,16-21H,4,7-8,11-15H2,1-2H3;3-7,14-19H,8-13H2,1-2H3. The maximum absolute atomic E-state index is 13.5. The molecule has 6 aromatic heterocycles. The van der Waals surface area contributed by atoms with E-state index in [-0.39, 0.29) is 9.79 Å². The highest BCUT2D eigenvalue weighted by Gasteiger charge is 2.26. The Morgan fingerprint density at radius 1 is 0.614 bits per heavy atom. The monoisotopic (exact) mass is 982 g/mol. The quantitative estimate of drug-likeness (QED) is 0.0969. The number of benzene rings is 2. The van der Waals surface area contributed by atoms with Gasteiger partial charge in [-0.1, -0.05) is 68.3 Å². The van der Waals surface area contributed by atoms with Crippen molar-refractivity contribution in [2.45, 2.75) is 76.3 Å². The summed E-state index contributed by atoms with van der Waals surface area (Å²) in [5.74, 6) is 0.477. The van der Waals surface area contributed by atoms with E-state index in [2.05, 4.69) is 49.9 Å². The molecule has 0 unspecified atom stereocenters. The first-order chi connectivity index (χ1) is 33.8. The zero-order valence-corrected chi connectivity index (χ0v) is 42.1. The van der Waals surface area contributed by atoms with Crippen molar-refractivity contribution in [1.82, 2.24) is 47.3 Å². The van der Waals surface area contributed by atoms with Crippen molar-refractivity contribution in [2.75, 3.05) is 52.5 Å². The molecule has 0 N–H and O–H groups in total. The van der Waals surface area contributed by atoms with Crippen molar-refractivity contribution >= 4 is 48.2 Å². The molecular formula is C53H62N10O5S2. The van der Waals surface area contributed by atoms with Gasteiger partial charge in [-0.25, -0.2) is 34.7 Å². The summed E-state index contributed by atoms with van der Waals surface area (Å²) in [4.78, 5) is 14.5. The Morgan fingerprint density at radius 2 is 1.11 bits per heavy atom. The lowest BCUT2D eigenvalue weighted by Crippen LogP contribution is -2.38. The van der Waals surface area contributed by atoms with Crippen LogP contribution in [0.5, 0.6) is 0 Å². The van der Waals surface area contributed by atoms with Crippen molar-refractivity contribution in [3.05, 3.63) is 139 Å². The second-order valence-corrected chi connectivity index (χ2v) is 22.5. The SMILES string of the molecule is CC(C)=Cc1cnc2c(c1)c(-c1cnn(CCN3CCOCC3)c1)cn2S(=O)(=O)c1ccccc1.CC(C)Cc1cnc2c(c1)c(-c1cnn(CCN3CCCCC3)c1)cn2S(=O)(=O)c1ccccc1. The van der Waals surface area contributed by atoms with Crippen LogP contribution in [0.15, 0.2) is 138 Å². The molecular weight excluding hydrogens is 921 g/mol. The summed E-state index contributed by atoms with van der Waals surface area (Å²) in [6.45, 7) is 17.5. The summed E-state index contributed by atoms with van der Waals surface area (Å²) < 4.78 is 66.0. The molecule has 10 rings (SSSR count). The average Bonchev–Trinajstić information content (AvgIpc) is 4.19. The fourth-order valence-corrected chi connectivity index (χ4v) is 11.9. The molecule has 0 spiro atoms. The number of pyridine rings is 2. The zero-order chi connectivity index (χ0) is 48.8. The van der Waals surface area contributed by atoms with Crippen LogP contribution in [0.2, 0.25) is 0 Å². The lowest BCUT2D eigenvalue weighted by Gasteiger charge is -2.26. The third-order valence-corrected chi connectivity index (χ3v) is 16.1. The highest BCUT2D eigenvalue weighted by Crippen LogP contribution is 2.35. The number of likely N-dealkylation sites (tertiary alicyclic amines) is 1. The van der Waals surface area contributed by atoms with Gasteiger partial charge >= 0.3 is 0 Å². The van der Waals surface area contributed by atoms with Crippen LogP contribution in [0.3, 0.4) is 0 Å². The third-order valence-electron chi connectivity index (χ3n) is 12.7. The first-order valence-corrected chi connectivity index (χ1v) is 27.1. The fourth-order valence-electron chi connectivity index (χ4n) is 9.20. The van der Waals surface area contributed by atoms with Crippen LogP contribution in [0.1, 0.15) is 58.1 Å². The summed E-state index contributed by atoms with van der Waals surface area (Å²) in [5, 5.41) is 10.7. The molecule has 2 saturated heterocycles. The molecule has 2 aliphatic rings. The van der Waals surface area contributed by atoms with E-state index in [0.717, 1.165) is 122 Å². The zero-order valence-electron chi connectivity index (χ0n) is 40.4. The minimum absolute atomic E-state index is 0.222. The van der Waals surface area contributed by atoms with Crippen molar-refractivity contribution in [1.29, 1.82) is 0 Å². The van der Waals surface area contributed by atoms with Gasteiger partial charge in [0.1, 0.15) is 0 Å². The van der Waals surface area contributed by atoms with E-state index < -0.39 is 20.0 Å². The molecule has 0 aliphatic carbocycles. The van der Waals surface area contributed by atoms with Crippen molar-refractivity contribution in [3.8, 4) is 22.3 Å². The van der Waals surface area contributed by atoms with Crippen LogP contribution >= 0.6 is 0 Å². The van der Waals surface area contributed by atoms with Crippen LogP contribution in [-0.2, 0) is 44.3 Å². The predicted octanol–water partition coefficient (Wildman–Crippen LogP) is 8.71. The number of rotatable bonds is 15. The minimum Gasteiger partial charge on any atom is -0.379 e. The van der Waals surface area contributed by atoms with E-state index in [4.69, 9.17) is 4.74 Å². The Hall–Kier alpha value is -6.24. The maximum Gasteiger partial charge on any atom is 0.269 e. The number of ether oxygens (including phenoxy) is 1. The number of piperidine rings is 1. The highest BCUT2D eigenvalue weighted by molar-refractivity contribution is 7.90. The van der Waals surface area contributed by atoms with Crippen molar-refractivity contribution in [2.24, 2.45) is 5.92 Å². The van der Waals surface area contributed by atoms with Crippen LogP contribution in [-0.4, -0.2) is 117 Å². The first-order valence-electron chi connectivity index (χ1n) is 24.2. The maximum atomic E-state index is 13.5. The molecule has 8 aromatic rings. The number of hydrogen-bond donors (Lipinski definition) is 0. The Bertz CT molecular complexity index is 3310. The lowest BCUT2D eigenvalue weighted by atomic mass is 10.0. The molecule has 17 heteroatoms. The minimum atomic E-state index is -3.81. The molecule has 2 aliphatic heterocycles. The Labute approximate surface area is 411 Å². The number of morpholine rings is 1. The largest absolute Gasteiger partial charge is 0.379 e. The number of hydrogen-bond acceptors (Lipinski definition) is 11. The normalized spacial score (nSPS) is 15.1. The van der Waals surface area contributed by atoms with E-state index in [9.17, 15) is 16.8 Å². The van der Waals surface area contributed by atoms with Gasteiger partial charge in [-0.3, -0.25) is 14.3 Å². The molecule has 0 atom stereocenters. The number of fused-ring (bicyclic) bond motifs is 2. The fraction of sp³-hybridized carbons (Fsp3) is 0.358. The molecule has 0 bridgehead atoms. The highest BCUT2D eigenvalue weighted by atomic mass is 32.2. The Morgan fingerprint density at radius 3 is 1.63 bits per heavy atom. The molecule has 366 valence electrons. The van der Waals surface area contributed by atoms with Gasteiger partial charge in [0.2, 0.25) is 0 Å². The van der Waals surface area contributed by atoms with Crippen molar-refractivity contribution in [3.63, 3.8) is 0 Å². The molecule has 8 heterocycles. The van der Waals surface area contributed by atoms with E-state index in [1.54, 1.807) is 85.6 Å². The summed E-state index contributed by atoms with van der Waals surface area (Å²) in [5.41, 5.74) is 7.38. The molecule has 0 radical (unpaired) electrons. The van der Waals surface area contributed by atoms with Crippen LogP contribution < -0.4 is 0 Å². The van der Waals surface area contributed by atoms with Crippen LogP contribution in [0.25, 0.3) is 50.4 Å². The van der Waals surface area contributed by atoms with Gasteiger partial charge in [-0.2, -0.15) is 10.2 Å². The second kappa shape index (κ2) is 21.4. The van der Waals surface area contributed by atoms with Gasteiger partial charge in [0.25, 0.3) is 20.0 Å². The van der Waals surface area contributed by atoms with Crippen LogP contribution in [0, 0.1) is 5.92 Å². The van der Waals surface area contributed by atoms with Crippen molar-refractivity contribution < 1.29 is 21.6 Å². The van der Waals surface area contributed by atoms with Gasteiger partial charge in [-0.05, 0) is 99.6 Å². The molecule has 2 aromatic carbocycles. The number of aromatic nitrogens is 8. The third kappa shape index (κ3) is 11.0. The van der Waals surface area contributed by atoms with Crippen LogP contribution in [0.4, 0.5) is 0 Å². The second-order valence-electron chi connectivity index (χ2n) is 18.8. The predicted molar refractivity (Wildman–Crippen MR) is 275 cm³/mol. The van der Waals surface area contributed by atoms with E-state index in [0.29, 0.717) is 17.2 Å². The number of allylic oxidation sites excluding steroid dienone is 1.